The first-order valence-corrected chi connectivity index (χ1v) is 9.00. The molecule has 2 aliphatic rings. The van der Waals surface area contributed by atoms with E-state index in [0.717, 1.165) is 32.4 Å². The van der Waals surface area contributed by atoms with Crippen molar-refractivity contribution in [1.29, 1.82) is 0 Å². The minimum Gasteiger partial charge on any atom is -0.481 e. The maximum atomic E-state index is 12.4. The Morgan fingerprint density at radius 2 is 1.83 bits per heavy atom. The van der Waals surface area contributed by atoms with E-state index in [1.807, 2.05) is 4.90 Å². The number of aliphatic carboxylic acids is 1. The molecular weight excluding hydrogens is 294 g/mol. The molecule has 5 heteroatoms. The highest BCUT2D eigenvalue weighted by atomic mass is 16.5. The summed E-state index contributed by atoms with van der Waals surface area (Å²) in [5.41, 5.74) is 0. The number of carbonyl (C=O) groups is 2. The van der Waals surface area contributed by atoms with Gasteiger partial charge in [-0.15, -0.1) is 0 Å². The first-order chi connectivity index (χ1) is 10.9. The maximum Gasteiger partial charge on any atom is 0.309 e. The Morgan fingerprint density at radius 1 is 1.17 bits per heavy atom. The fourth-order valence-corrected chi connectivity index (χ4v) is 4.13. The number of piperidine rings is 1. The van der Waals surface area contributed by atoms with Crippen molar-refractivity contribution in [3.8, 4) is 0 Å². The predicted octanol–water partition coefficient (Wildman–Crippen LogP) is 2.79. The lowest BCUT2D eigenvalue weighted by atomic mass is 9.84. The third-order valence-corrected chi connectivity index (χ3v) is 5.21. The molecule has 0 saturated carbocycles. The highest BCUT2D eigenvalue weighted by Gasteiger charge is 2.40. The molecule has 5 nitrogen and oxygen atoms in total. The highest BCUT2D eigenvalue weighted by molar-refractivity contribution is 5.76. The van der Waals surface area contributed by atoms with E-state index in [2.05, 4.69) is 20.8 Å². The second kappa shape index (κ2) is 8.13. The summed E-state index contributed by atoms with van der Waals surface area (Å²) in [4.78, 5) is 25.6. The van der Waals surface area contributed by atoms with Crippen molar-refractivity contribution in [2.75, 3.05) is 19.7 Å². The molecule has 3 atom stereocenters. The number of hydrogen-bond acceptors (Lipinski definition) is 3. The van der Waals surface area contributed by atoms with Gasteiger partial charge in [0.05, 0.1) is 12.0 Å². The Morgan fingerprint density at radius 3 is 2.39 bits per heavy atom. The monoisotopic (exact) mass is 325 g/mol. The van der Waals surface area contributed by atoms with Crippen molar-refractivity contribution in [3.05, 3.63) is 0 Å². The topological polar surface area (TPSA) is 66.8 Å². The predicted molar refractivity (Wildman–Crippen MR) is 88.0 cm³/mol. The van der Waals surface area contributed by atoms with Gasteiger partial charge in [-0.3, -0.25) is 9.59 Å². The van der Waals surface area contributed by atoms with Gasteiger partial charge < -0.3 is 14.7 Å². The van der Waals surface area contributed by atoms with E-state index in [-0.39, 0.29) is 23.8 Å². The molecule has 0 bridgehead atoms. The minimum atomic E-state index is -0.742. The van der Waals surface area contributed by atoms with Crippen molar-refractivity contribution in [1.82, 2.24) is 4.90 Å². The minimum absolute atomic E-state index is 0.162. The van der Waals surface area contributed by atoms with Crippen molar-refractivity contribution >= 4 is 11.9 Å². The van der Waals surface area contributed by atoms with Gasteiger partial charge in [-0.1, -0.05) is 20.8 Å². The van der Waals surface area contributed by atoms with Crippen molar-refractivity contribution in [3.63, 3.8) is 0 Å². The number of ether oxygens (including phenoxy) is 1. The van der Waals surface area contributed by atoms with Crippen LogP contribution in [0.2, 0.25) is 0 Å². The van der Waals surface area contributed by atoms with Crippen LogP contribution in [0.15, 0.2) is 0 Å². The quantitative estimate of drug-likeness (QED) is 0.815. The van der Waals surface area contributed by atoms with Crippen LogP contribution in [0.25, 0.3) is 0 Å². The van der Waals surface area contributed by atoms with Crippen LogP contribution < -0.4 is 0 Å². The maximum absolute atomic E-state index is 12.4. The third kappa shape index (κ3) is 4.93. The molecule has 1 amide bonds. The Labute approximate surface area is 139 Å². The lowest BCUT2D eigenvalue weighted by molar-refractivity contribution is -0.146. The van der Waals surface area contributed by atoms with Crippen LogP contribution in [0.4, 0.5) is 0 Å². The van der Waals surface area contributed by atoms with E-state index in [1.165, 1.54) is 0 Å². The number of hydrogen-bond donors (Lipinski definition) is 1. The van der Waals surface area contributed by atoms with Crippen LogP contribution in [0.3, 0.4) is 0 Å². The molecule has 2 heterocycles. The van der Waals surface area contributed by atoms with Crippen molar-refractivity contribution in [2.24, 2.45) is 23.7 Å². The first-order valence-electron chi connectivity index (χ1n) is 9.00. The number of likely N-dealkylation sites (tertiary alicyclic amines) is 1. The number of carboxylic acid groups (broad SMARTS) is 1. The fraction of sp³-hybridized carbons (Fsp3) is 0.889. The Kier molecular flexibility index (Phi) is 6.45. The number of carboxylic acids is 1. The molecule has 132 valence electrons. The molecule has 1 N–H and O–H groups in total. The Balaban J connectivity index is 1.79. The second-order valence-electron chi connectivity index (χ2n) is 7.73. The lowest BCUT2D eigenvalue weighted by Gasteiger charge is -2.36. The fourth-order valence-electron chi connectivity index (χ4n) is 4.13. The summed E-state index contributed by atoms with van der Waals surface area (Å²) in [5, 5.41) is 9.28. The van der Waals surface area contributed by atoms with Gasteiger partial charge in [0.15, 0.2) is 0 Å². The summed E-state index contributed by atoms with van der Waals surface area (Å²) in [6, 6.07) is 0. The van der Waals surface area contributed by atoms with Crippen molar-refractivity contribution in [2.45, 2.75) is 59.0 Å². The SMILES string of the molecule is CC(C)CC(C)CC(=O)N1CCC([C@@H]2OCCC2C(=O)O)CC1. The standard InChI is InChI=1S/C18H31NO4/c1-12(2)10-13(3)11-16(20)19-7-4-14(5-8-19)17-15(18(21)22)6-9-23-17/h12-15,17H,4-11H2,1-3H3,(H,21,22)/t13?,15?,17-/m0/s1. The van der Waals surface area contributed by atoms with Gasteiger partial charge in [0, 0.05) is 26.1 Å². The van der Waals surface area contributed by atoms with Gasteiger partial charge in [-0.05, 0) is 43.4 Å². The van der Waals surface area contributed by atoms with Gasteiger partial charge in [-0.25, -0.2) is 0 Å². The molecule has 0 aromatic heterocycles. The average Bonchev–Trinajstić information content (AvgIpc) is 2.96. The normalized spacial score (nSPS) is 27.4. The number of amides is 1. The van der Waals surface area contributed by atoms with E-state index in [4.69, 9.17) is 4.74 Å². The molecule has 0 aromatic rings. The highest BCUT2D eigenvalue weighted by Crippen LogP contribution is 2.33. The smallest absolute Gasteiger partial charge is 0.309 e. The van der Waals surface area contributed by atoms with Gasteiger partial charge in [-0.2, -0.15) is 0 Å². The molecule has 2 fully saturated rings. The summed E-state index contributed by atoms with van der Waals surface area (Å²) >= 11 is 0. The summed E-state index contributed by atoms with van der Waals surface area (Å²) in [7, 11) is 0. The lowest BCUT2D eigenvalue weighted by Crippen LogP contribution is -2.43. The van der Waals surface area contributed by atoms with Gasteiger partial charge in [0.1, 0.15) is 0 Å². The second-order valence-corrected chi connectivity index (χ2v) is 7.73. The van der Waals surface area contributed by atoms with E-state index in [0.29, 0.717) is 31.3 Å². The molecule has 0 spiro atoms. The largest absolute Gasteiger partial charge is 0.481 e. The third-order valence-electron chi connectivity index (χ3n) is 5.21. The summed E-state index contributed by atoms with van der Waals surface area (Å²) in [5.74, 6) is 0.460. The van der Waals surface area contributed by atoms with Gasteiger partial charge in [0.2, 0.25) is 5.91 Å². The molecule has 0 aliphatic carbocycles. The molecule has 0 aromatic carbocycles. The zero-order valence-electron chi connectivity index (χ0n) is 14.7. The zero-order chi connectivity index (χ0) is 17.0. The Hall–Kier alpha value is -1.10. The molecule has 0 radical (unpaired) electrons. The summed E-state index contributed by atoms with van der Waals surface area (Å²) in [6.07, 6.45) is 3.88. The summed E-state index contributed by atoms with van der Waals surface area (Å²) < 4.78 is 5.69. The zero-order valence-corrected chi connectivity index (χ0v) is 14.7. The van der Waals surface area contributed by atoms with Crippen LogP contribution in [0.1, 0.15) is 52.9 Å². The van der Waals surface area contributed by atoms with Crippen LogP contribution in [0.5, 0.6) is 0 Å². The van der Waals surface area contributed by atoms with E-state index in [1.54, 1.807) is 0 Å². The molecule has 2 unspecified atom stereocenters. The molecule has 2 saturated heterocycles. The van der Waals surface area contributed by atoms with Crippen LogP contribution in [-0.4, -0.2) is 47.7 Å². The van der Waals surface area contributed by atoms with E-state index < -0.39 is 5.97 Å². The molecule has 2 aliphatic heterocycles. The van der Waals surface area contributed by atoms with Gasteiger partial charge in [0.25, 0.3) is 0 Å². The van der Waals surface area contributed by atoms with Crippen LogP contribution in [0, 0.1) is 23.7 Å². The average molecular weight is 325 g/mol. The van der Waals surface area contributed by atoms with Crippen molar-refractivity contribution < 1.29 is 19.4 Å². The number of rotatable bonds is 6. The van der Waals surface area contributed by atoms with E-state index in [9.17, 15) is 14.7 Å². The Bertz CT molecular complexity index is 415. The molecule has 23 heavy (non-hydrogen) atoms. The first kappa shape index (κ1) is 18.2. The van der Waals surface area contributed by atoms with Crippen LogP contribution in [-0.2, 0) is 14.3 Å². The van der Waals surface area contributed by atoms with E-state index >= 15 is 0 Å². The summed E-state index contributed by atoms with van der Waals surface area (Å²) in [6.45, 7) is 8.55. The molecule has 2 rings (SSSR count). The molecular formula is C18H31NO4. The number of nitrogens with zero attached hydrogens (tertiary/aromatic N) is 1. The number of carbonyl (C=O) groups excluding carboxylic acids is 1. The van der Waals surface area contributed by atoms with Gasteiger partial charge >= 0.3 is 5.97 Å². The van der Waals surface area contributed by atoms with Crippen LogP contribution >= 0.6 is 0 Å².